The number of nitrogens with one attached hydrogen (secondary N) is 1. The molecule has 3 atom stereocenters. The molecule has 3 heterocycles. The highest BCUT2D eigenvalue weighted by Crippen LogP contribution is 2.55. The molecule has 0 radical (unpaired) electrons. The maximum Gasteiger partial charge on any atom is 0.229 e. The van der Waals surface area contributed by atoms with Crippen molar-refractivity contribution < 1.29 is 4.79 Å². The molecular formula is C21H19ClN4OS. The first-order chi connectivity index (χ1) is 13.5. The maximum atomic E-state index is 12.6. The van der Waals surface area contributed by atoms with Crippen LogP contribution in [0.15, 0.2) is 36.8 Å². The number of amides is 1. The monoisotopic (exact) mass is 410 g/mol. The van der Waals surface area contributed by atoms with Crippen molar-refractivity contribution >= 4 is 51.5 Å². The minimum Gasteiger partial charge on any atom is -0.398 e. The Labute approximate surface area is 172 Å². The van der Waals surface area contributed by atoms with Crippen molar-refractivity contribution in [2.45, 2.75) is 6.92 Å². The lowest BCUT2D eigenvalue weighted by molar-refractivity contribution is -0.117. The quantitative estimate of drug-likeness (QED) is 0.626. The zero-order valence-electron chi connectivity index (χ0n) is 15.3. The third kappa shape index (κ3) is 2.83. The highest BCUT2D eigenvalue weighted by atomic mass is 35.5. The van der Waals surface area contributed by atoms with Gasteiger partial charge in [-0.15, -0.1) is 0 Å². The second-order valence-electron chi connectivity index (χ2n) is 7.51. The van der Waals surface area contributed by atoms with Gasteiger partial charge in [0, 0.05) is 52.1 Å². The van der Waals surface area contributed by atoms with Crippen LogP contribution in [0.2, 0.25) is 5.02 Å². The summed E-state index contributed by atoms with van der Waals surface area (Å²) in [7, 11) is 0. The molecule has 1 amide bonds. The number of pyridine rings is 2. The number of aromatic nitrogens is 2. The van der Waals surface area contributed by atoms with Crippen molar-refractivity contribution in [2.75, 3.05) is 22.6 Å². The molecule has 2 aromatic heterocycles. The summed E-state index contributed by atoms with van der Waals surface area (Å²) in [6.45, 7) is 2.01. The minimum atomic E-state index is 0.0607. The summed E-state index contributed by atoms with van der Waals surface area (Å²) in [5.41, 5.74) is 9.70. The van der Waals surface area contributed by atoms with Gasteiger partial charge in [-0.2, -0.15) is 11.8 Å². The fourth-order valence-electron chi connectivity index (χ4n) is 4.16. The van der Waals surface area contributed by atoms with E-state index in [1.54, 1.807) is 18.6 Å². The average molecular weight is 411 g/mol. The van der Waals surface area contributed by atoms with Crippen molar-refractivity contribution in [2.24, 2.45) is 17.8 Å². The van der Waals surface area contributed by atoms with E-state index in [2.05, 4.69) is 15.3 Å². The highest BCUT2D eigenvalue weighted by molar-refractivity contribution is 7.99. The molecule has 142 valence electrons. The largest absolute Gasteiger partial charge is 0.398 e. The number of halogens is 1. The van der Waals surface area contributed by atoms with Crippen LogP contribution in [0.4, 0.5) is 11.5 Å². The molecule has 1 saturated heterocycles. The standard InChI is InChI=1S/C21H19ClN4OS/c1-10-2-3-24-6-13(10)11-4-17(23)14-7-25-18(5-12(14)20(11)22)26-21(27)19-15-8-28-9-16(15)19/h2-7,15-16,19H,8-9,23H2,1H3,(H,25,26,27)/t15-,16+,19?. The summed E-state index contributed by atoms with van der Waals surface area (Å²) >= 11 is 8.69. The molecule has 2 aliphatic rings. The van der Waals surface area contributed by atoms with Gasteiger partial charge in [0.05, 0.1) is 5.02 Å². The third-order valence-corrected chi connectivity index (χ3v) is 7.47. The van der Waals surface area contributed by atoms with E-state index >= 15 is 0 Å². The number of anilines is 2. The zero-order valence-corrected chi connectivity index (χ0v) is 16.8. The number of hydrogen-bond donors (Lipinski definition) is 2. The molecule has 5 nitrogen and oxygen atoms in total. The zero-order chi connectivity index (χ0) is 19.4. The van der Waals surface area contributed by atoms with E-state index in [4.69, 9.17) is 17.3 Å². The number of nitrogens with two attached hydrogens (primary N) is 1. The Morgan fingerprint density at radius 1 is 1.21 bits per heavy atom. The number of aryl methyl sites for hydroxylation is 1. The number of fused-ring (bicyclic) bond motifs is 2. The molecule has 5 rings (SSSR count). The summed E-state index contributed by atoms with van der Waals surface area (Å²) < 4.78 is 0. The molecule has 1 aliphatic heterocycles. The topological polar surface area (TPSA) is 80.9 Å². The van der Waals surface area contributed by atoms with Crippen LogP contribution in [-0.4, -0.2) is 27.4 Å². The molecule has 0 spiro atoms. The van der Waals surface area contributed by atoms with Gasteiger partial charge in [-0.3, -0.25) is 9.78 Å². The molecule has 2 fully saturated rings. The number of nitrogens with zero attached hydrogens (tertiary/aromatic N) is 2. The number of thioether (sulfide) groups is 1. The molecule has 1 aromatic carbocycles. The fraction of sp³-hybridized carbons (Fsp3) is 0.286. The number of carbonyl (C=O) groups is 1. The van der Waals surface area contributed by atoms with Gasteiger partial charge in [0.2, 0.25) is 5.91 Å². The Hall–Kier alpha value is -2.31. The van der Waals surface area contributed by atoms with Crippen LogP contribution in [-0.2, 0) is 4.79 Å². The van der Waals surface area contributed by atoms with E-state index in [0.29, 0.717) is 28.4 Å². The number of rotatable bonds is 3. The van der Waals surface area contributed by atoms with E-state index < -0.39 is 0 Å². The third-order valence-electron chi connectivity index (χ3n) is 5.82. The van der Waals surface area contributed by atoms with E-state index in [0.717, 1.165) is 39.0 Å². The van der Waals surface area contributed by atoms with Crippen molar-refractivity contribution in [3.8, 4) is 11.1 Å². The summed E-state index contributed by atoms with van der Waals surface area (Å²) in [6.07, 6.45) is 5.21. The Balaban J connectivity index is 1.52. The van der Waals surface area contributed by atoms with E-state index in [-0.39, 0.29) is 11.8 Å². The Morgan fingerprint density at radius 3 is 2.75 bits per heavy atom. The van der Waals surface area contributed by atoms with Gasteiger partial charge >= 0.3 is 0 Å². The van der Waals surface area contributed by atoms with Crippen LogP contribution in [0.3, 0.4) is 0 Å². The van der Waals surface area contributed by atoms with Crippen LogP contribution in [0, 0.1) is 24.7 Å². The smallest absolute Gasteiger partial charge is 0.229 e. The highest BCUT2D eigenvalue weighted by Gasteiger charge is 2.57. The molecule has 3 aromatic rings. The molecule has 1 saturated carbocycles. The van der Waals surface area contributed by atoms with Gasteiger partial charge in [0.25, 0.3) is 0 Å². The fourth-order valence-corrected chi connectivity index (χ4v) is 6.06. The van der Waals surface area contributed by atoms with Crippen LogP contribution >= 0.6 is 23.4 Å². The van der Waals surface area contributed by atoms with Crippen molar-refractivity contribution in [1.29, 1.82) is 0 Å². The van der Waals surface area contributed by atoms with Crippen LogP contribution in [0.5, 0.6) is 0 Å². The molecule has 28 heavy (non-hydrogen) atoms. The van der Waals surface area contributed by atoms with E-state index in [1.807, 2.05) is 36.9 Å². The van der Waals surface area contributed by atoms with Gasteiger partial charge in [-0.25, -0.2) is 4.98 Å². The molecule has 3 N–H and O–H groups in total. The molecule has 7 heteroatoms. The second-order valence-corrected chi connectivity index (χ2v) is 8.97. The lowest BCUT2D eigenvalue weighted by Gasteiger charge is -2.13. The van der Waals surface area contributed by atoms with Crippen molar-refractivity contribution in [3.63, 3.8) is 0 Å². The lowest BCUT2D eigenvalue weighted by atomic mass is 9.99. The van der Waals surface area contributed by atoms with Gasteiger partial charge in [-0.05, 0) is 54.0 Å². The maximum absolute atomic E-state index is 12.6. The van der Waals surface area contributed by atoms with E-state index in [9.17, 15) is 4.79 Å². The summed E-state index contributed by atoms with van der Waals surface area (Å²) in [5, 5.41) is 5.10. The minimum absolute atomic E-state index is 0.0607. The molecule has 1 aliphatic carbocycles. The summed E-state index contributed by atoms with van der Waals surface area (Å²) in [4.78, 5) is 21.2. The van der Waals surface area contributed by atoms with Gasteiger partial charge in [0.15, 0.2) is 0 Å². The molecular weight excluding hydrogens is 392 g/mol. The van der Waals surface area contributed by atoms with E-state index in [1.165, 1.54) is 0 Å². The Bertz CT molecular complexity index is 1110. The summed E-state index contributed by atoms with van der Waals surface area (Å²) in [5.74, 6) is 3.94. The number of hydrogen-bond acceptors (Lipinski definition) is 5. The predicted octanol–water partition coefficient (Wildman–Crippen LogP) is 4.39. The van der Waals surface area contributed by atoms with Gasteiger partial charge in [0.1, 0.15) is 5.82 Å². The van der Waals surface area contributed by atoms with Crippen molar-refractivity contribution in [3.05, 3.63) is 47.4 Å². The first kappa shape index (κ1) is 17.8. The van der Waals surface area contributed by atoms with Crippen LogP contribution in [0.1, 0.15) is 5.56 Å². The van der Waals surface area contributed by atoms with Gasteiger partial charge < -0.3 is 11.1 Å². The van der Waals surface area contributed by atoms with Crippen molar-refractivity contribution in [1.82, 2.24) is 9.97 Å². The first-order valence-electron chi connectivity index (χ1n) is 9.22. The average Bonchev–Trinajstić information content (AvgIpc) is 3.18. The first-order valence-corrected chi connectivity index (χ1v) is 10.7. The number of benzene rings is 1. The van der Waals surface area contributed by atoms with Crippen LogP contribution < -0.4 is 11.1 Å². The van der Waals surface area contributed by atoms with Crippen LogP contribution in [0.25, 0.3) is 21.9 Å². The molecule has 1 unspecified atom stereocenters. The molecule has 0 bridgehead atoms. The Morgan fingerprint density at radius 2 is 2.00 bits per heavy atom. The SMILES string of the molecule is Cc1ccncc1-c1cc(N)c2cnc(NC(=O)C3[C@H]4CSC[C@@H]34)cc2c1Cl. The normalized spacial score (nSPS) is 22.9. The predicted molar refractivity (Wildman–Crippen MR) is 116 cm³/mol. The second kappa shape index (κ2) is 6.64. The summed E-state index contributed by atoms with van der Waals surface area (Å²) in [6, 6.07) is 5.61. The lowest BCUT2D eigenvalue weighted by Crippen LogP contribution is -2.18. The van der Waals surface area contributed by atoms with Gasteiger partial charge in [-0.1, -0.05) is 11.6 Å². The Kier molecular flexibility index (Phi) is 4.21. The number of nitrogen functional groups attached to an aromatic ring is 1. The number of carbonyl (C=O) groups excluding carboxylic acids is 1.